The van der Waals surface area contributed by atoms with Crippen molar-refractivity contribution in [3.8, 4) is 23.7 Å². The third kappa shape index (κ3) is 2.44. The number of carbonyl (C=O) groups excluding carboxylic acids is 1. The topological polar surface area (TPSA) is 17.1 Å². The van der Waals surface area contributed by atoms with Gasteiger partial charge in [0.2, 0.25) is 5.78 Å². The van der Waals surface area contributed by atoms with Crippen LogP contribution in [0.15, 0.2) is 23.3 Å². The molecule has 0 heterocycles. The van der Waals surface area contributed by atoms with Crippen LogP contribution in [0.4, 0.5) is 0 Å². The van der Waals surface area contributed by atoms with E-state index in [-0.39, 0.29) is 11.2 Å². The molecule has 80 valence electrons. The molecule has 0 amide bonds. The van der Waals surface area contributed by atoms with Crippen LogP contribution in [0.3, 0.4) is 0 Å². The lowest BCUT2D eigenvalue weighted by atomic mass is 9.87. The monoisotopic (exact) mass is 210 g/mol. The second-order valence-electron chi connectivity index (χ2n) is 4.83. The Kier molecular flexibility index (Phi) is 2.71. The van der Waals surface area contributed by atoms with Crippen molar-refractivity contribution in [2.45, 2.75) is 33.1 Å². The van der Waals surface area contributed by atoms with Crippen LogP contribution in [0.5, 0.6) is 0 Å². The minimum atomic E-state index is -0.275. The van der Waals surface area contributed by atoms with Gasteiger partial charge in [0, 0.05) is 17.4 Å². The molecule has 2 aliphatic carbocycles. The first kappa shape index (κ1) is 10.8. The molecular weight excluding hydrogens is 196 g/mol. The smallest absolute Gasteiger partial charge is 0.207 e. The maximum absolute atomic E-state index is 11.6. The molecule has 0 saturated carbocycles. The van der Waals surface area contributed by atoms with Gasteiger partial charge in [0.15, 0.2) is 0 Å². The van der Waals surface area contributed by atoms with Crippen molar-refractivity contribution in [2.75, 3.05) is 0 Å². The minimum Gasteiger partial charge on any atom is -0.285 e. The molecular formula is C15H14O. The van der Waals surface area contributed by atoms with Gasteiger partial charge in [0.05, 0.1) is 0 Å². The summed E-state index contributed by atoms with van der Waals surface area (Å²) >= 11 is 0. The van der Waals surface area contributed by atoms with Crippen molar-refractivity contribution in [1.82, 2.24) is 0 Å². The van der Waals surface area contributed by atoms with Gasteiger partial charge < -0.3 is 0 Å². The SMILES string of the molecule is CC1(C)C#C/C=C2/CCC=C2C#CC(=O)C1. The number of fused-ring (bicyclic) bond motifs is 1. The van der Waals surface area contributed by atoms with E-state index in [1.807, 2.05) is 19.9 Å². The summed E-state index contributed by atoms with van der Waals surface area (Å²) in [4.78, 5) is 11.6. The van der Waals surface area contributed by atoms with Crippen LogP contribution >= 0.6 is 0 Å². The highest BCUT2D eigenvalue weighted by molar-refractivity contribution is 5.96. The summed E-state index contributed by atoms with van der Waals surface area (Å²) in [5.74, 6) is 11.9. The second kappa shape index (κ2) is 4.03. The maximum atomic E-state index is 11.6. The fraction of sp³-hybridized carbons (Fsp3) is 0.400. The van der Waals surface area contributed by atoms with Crippen molar-refractivity contribution in [1.29, 1.82) is 0 Å². The summed E-state index contributed by atoms with van der Waals surface area (Å²) in [5, 5.41) is 0. The zero-order chi connectivity index (χ0) is 11.6. The lowest BCUT2D eigenvalue weighted by Crippen LogP contribution is -2.14. The van der Waals surface area contributed by atoms with E-state index in [4.69, 9.17) is 0 Å². The molecule has 0 atom stereocenters. The van der Waals surface area contributed by atoms with E-state index >= 15 is 0 Å². The van der Waals surface area contributed by atoms with Gasteiger partial charge in [-0.05, 0) is 44.3 Å². The number of hydrogen-bond acceptors (Lipinski definition) is 1. The summed E-state index contributed by atoms with van der Waals surface area (Å²) in [6.07, 6.45) is 6.44. The van der Waals surface area contributed by atoms with E-state index in [0.717, 1.165) is 18.4 Å². The molecule has 1 heteroatoms. The van der Waals surface area contributed by atoms with E-state index in [9.17, 15) is 4.79 Å². The van der Waals surface area contributed by atoms with Gasteiger partial charge in [-0.25, -0.2) is 0 Å². The Bertz CT molecular complexity index is 507. The van der Waals surface area contributed by atoms with Crippen LogP contribution < -0.4 is 0 Å². The van der Waals surface area contributed by atoms with Crippen molar-refractivity contribution in [3.05, 3.63) is 23.3 Å². The maximum Gasteiger partial charge on any atom is 0.207 e. The van der Waals surface area contributed by atoms with E-state index < -0.39 is 0 Å². The first-order chi connectivity index (χ1) is 7.57. The Morgan fingerprint density at radius 1 is 1.31 bits per heavy atom. The fourth-order valence-electron chi connectivity index (χ4n) is 1.86. The average molecular weight is 210 g/mol. The molecule has 2 aliphatic rings. The lowest BCUT2D eigenvalue weighted by Gasteiger charge is -2.14. The van der Waals surface area contributed by atoms with Gasteiger partial charge in [0.25, 0.3) is 0 Å². The second-order valence-corrected chi connectivity index (χ2v) is 4.83. The zero-order valence-electron chi connectivity index (χ0n) is 9.68. The summed E-state index contributed by atoms with van der Waals surface area (Å²) in [5.41, 5.74) is 1.88. The number of ketones is 1. The van der Waals surface area contributed by atoms with Gasteiger partial charge >= 0.3 is 0 Å². The number of Topliss-reactive ketones (excluding diaryl/α,β-unsaturated/α-hetero) is 1. The molecule has 0 aliphatic heterocycles. The van der Waals surface area contributed by atoms with Crippen molar-refractivity contribution in [2.24, 2.45) is 5.41 Å². The van der Waals surface area contributed by atoms with E-state index in [1.165, 1.54) is 5.57 Å². The van der Waals surface area contributed by atoms with Gasteiger partial charge in [-0.3, -0.25) is 4.79 Å². The first-order valence-corrected chi connectivity index (χ1v) is 5.54. The molecule has 0 fully saturated rings. The standard InChI is InChI=1S/C15H14O/c1-15(2)10-4-7-12-5-3-6-13(12)8-9-14(16)11-15/h6-7H,3,5,11H2,1-2H3/b12-7-. The predicted molar refractivity (Wildman–Crippen MR) is 64.4 cm³/mol. The molecule has 0 aromatic heterocycles. The number of hydrogen-bond donors (Lipinski definition) is 0. The quantitative estimate of drug-likeness (QED) is 0.444. The molecule has 2 rings (SSSR count). The van der Waals surface area contributed by atoms with E-state index in [0.29, 0.717) is 6.42 Å². The van der Waals surface area contributed by atoms with Crippen LogP contribution in [-0.2, 0) is 4.79 Å². The van der Waals surface area contributed by atoms with Crippen LogP contribution in [0.2, 0.25) is 0 Å². The normalized spacial score (nSPS) is 25.0. The number of carbonyl (C=O) groups is 1. The Hall–Kier alpha value is -1.73. The Labute approximate surface area is 96.6 Å². The van der Waals surface area contributed by atoms with Crippen LogP contribution in [-0.4, -0.2) is 5.78 Å². The van der Waals surface area contributed by atoms with Crippen molar-refractivity contribution >= 4 is 5.78 Å². The Morgan fingerprint density at radius 2 is 2.12 bits per heavy atom. The summed E-state index contributed by atoms with van der Waals surface area (Å²) in [6, 6.07) is 0. The highest BCUT2D eigenvalue weighted by Gasteiger charge is 2.19. The summed E-state index contributed by atoms with van der Waals surface area (Å²) in [7, 11) is 0. The molecule has 0 unspecified atom stereocenters. The Morgan fingerprint density at radius 3 is 2.94 bits per heavy atom. The third-order valence-electron chi connectivity index (χ3n) is 2.70. The molecule has 0 aromatic rings. The molecule has 0 saturated heterocycles. The van der Waals surface area contributed by atoms with Crippen molar-refractivity contribution in [3.63, 3.8) is 0 Å². The van der Waals surface area contributed by atoms with Crippen LogP contribution in [0, 0.1) is 29.1 Å². The van der Waals surface area contributed by atoms with Crippen LogP contribution in [0.25, 0.3) is 0 Å². The lowest BCUT2D eigenvalue weighted by molar-refractivity contribution is -0.115. The van der Waals surface area contributed by atoms with Gasteiger partial charge in [-0.15, -0.1) is 0 Å². The third-order valence-corrected chi connectivity index (χ3v) is 2.70. The van der Waals surface area contributed by atoms with Gasteiger partial charge in [-0.1, -0.05) is 23.8 Å². The highest BCUT2D eigenvalue weighted by atomic mass is 16.1. The zero-order valence-corrected chi connectivity index (χ0v) is 9.68. The number of allylic oxidation sites excluding steroid dienone is 4. The van der Waals surface area contributed by atoms with Gasteiger partial charge in [0.1, 0.15) is 0 Å². The van der Waals surface area contributed by atoms with Crippen LogP contribution in [0.1, 0.15) is 33.1 Å². The van der Waals surface area contributed by atoms with Crippen molar-refractivity contribution < 1.29 is 4.79 Å². The molecule has 0 bridgehead atoms. The predicted octanol–water partition coefficient (Wildman–Crippen LogP) is 2.64. The molecule has 16 heavy (non-hydrogen) atoms. The minimum absolute atomic E-state index is 0.0200. The molecule has 0 aromatic carbocycles. The molecule has 1 nitrogen and oxygen atoms in total. The van der Waals surface area contributed by atoms with E-state index in [1.54, 1.807) is 0 Å². The molecule has 0 N–H and O–H groups in total. The molecule has 0 spiro atoms. The Balaban J connectivity index is 2.43. The van der Waals surface area contributed by atoms with Gasteiger partial charge in [-0.2, -0.15) is 0 Å². The fourth-order valence-corrected chi connectivity index (χ4v) is 1.86. The largest absolute Gasteiger partial charge is 0.285 e. The highest BCUT2D eigenvalue weighted by Crippen LogP contribution is 2.25. The summed E-state index contributed by atoms with van der Waals surface area (Å²) < 4.78 is 0. The number of rotatable bonds is 0. The summed E-state index contributed by atoms with van der Waals surface area (Å²) in [6.45, 7) is 3.95. The molecule has 0 radical (unpaired) electrons. The van der Waals surface area contributed by atoms with E-state index in [2.05, 4.69) is 29.8 Å². The first-order valence-electron chi connectivity index (χ1n) is 5.54. The average Bonchev–Trinajstić information content (AvgIpc) is 2.61.